The van der Waals surface area contributed by atoms with Crippen molar-refractivity contribution in [2.75, 3.05) is 68.1 Å². The van der Waals surface area contributed by atoms with Crippen LogP contribution in [0.2, 0.25) is 0 Å². The summed E-state index contributed by atoms with van der Waals surface area (Å²) >= 11 is 0. The average molecular weight is 565 g/mol. The fourth-order valence-electron chi connectivity index (χ4n) is 4.02. The summed E-state index contributed by atoms with van der Waals surface area (Å²) < 4.78 is 10.7. The predicted molar refractivity (Wildman–Crippen MR) is 164 cm³/mol. The summed E-state index contributed by atoms with van der Waals surface area (Å²) in [6.45, 7) is 9.51. The van der Waals surface area contributed by atoms with Gasteiger partial charge in [-0.25, -0.2) is 0 Å². The number of benzene rings is 2. The van der Waals surface area contributed by atoms with Gasteiger partial charge in [-0.1, -0.05) is 56.3 Å². The average Bonchev–Trinajstić information content (AvgIpc) is 2.99. The molecule has 0 saturated heterocycles. The first-order valence-electron chi connectivity index (χ1n) is 14.4. The van der Waals surface area contributed by atoms with Gasteiger partial charge < -0.3 is 36.1 Å². The van der Waals surface area contributed by atoms with Crippen LogP contribution in [0.5, 0.6) is 0 Å². The molecule has 0 aliphatic rings. The molecule has 222 valence electrons. The number of rotatable bonds is 20. The third kappa shape index (κ3) is 12.1. The van der Waals surface area contributed by atoms with E-state index >= 15 is 0 Å². The number of amides is 1. The van der Waals surface area contributed by atoms with E-state index in [2.05, 4.69) is 51.8 Å². The maximum absolute atomic E-state index is 12.3. The van der Waals surface area contributed by atoms with Crippen molar-refractivity contribution in [3.63, 3.8) is 0 Å². The minimum absolute atomic E-state index is 0.0585. The maximum atomic E-state index is 12.3. The maximum Gasteiger partial charge on any atom is 0.233 e. The number of anilines is 4. The van der Waals surface area contributed by atoms with Gasteiger partial charge in [-0.2, -0.15) is 15.0 Å². The van der Waals surface area contributed by atoms with Crippen LogP contribution in [0.4, 0.5) is 23.5 Å². The first kappa shape index (κ1) is 31.7. The fraction of sp³-hybridized carbons (Fsp3) is 0.467. The Bertz CT molecular complexity index is 1140. The van der Waals surface area contributed by atoms with Crippen molar-refractivity contribution in [2.45, 2.75) is 39.7 Å². The third-order valence-electron chi connectivity index (χ3n) is 5.96. The Morgan fingerprint density at radius 2 is 1.51 bits per heavy atom. The molecule has 0 aliphatic heterocycles. The number of hydrogen-bond donors (Lipinski definition) is 4. The molecule has 2 aromatic carbocycles. The number of hydrogen-bond acceptors (Lipinski definition) is 10. The number of carbonyl (C=O) groups is 1. The van der Waals surface area contributed by atoms with Crippen molar-refractivity contribution in [3.8, 4) is 0 Å². The number of aromatic nitrogens is 3. The Morgan fingerprint density at radius 1 is 0.829 bits per heavy atom. The van der Waals surface area contributed by atoms with Gasteiger partial charge in [0.2, 0.25) is 23.8 Å². The lowest BCUT2D eigenvalue weighted by Gasteiger charge is -2.22. The summed E-state index contributed by atoms with van der Waals surface area (Å²) in [5.41, 5.74) is 8.24. The number of nitrogens with zero attached hydrogens (tertiary/aromatic N) is 4. The summed E-state index contributed by atoms with van der Waals surface area (Å²) in [6, 6.07) is 17.8. The van der Waals surface area contributed by atoms with Crippen LogP contribution in [-0.2, 0) is 27.2 Å². The first-order valence-corrected chi connectivity index (χ1v) is 14.4. The van der Waals surface area contributed by atoms with Gasteiger partial charge in [0.15, 0.2) is 0 Å². The first-order chi connectivity index (χ1) is 20.1. The molecule has 0 radical (unpaired) electrons. The lowest BCUT2D eigenvalue weighted by atomic mass is 10.1. The molecule has 11 nitrogen and oxygen atoms in total. The number of nitrogens with one attached hydrogen (secondary N) is 3. The normalized spacial score (nSPS) is 10.8. The number of ether oxygens (including phenoxy) is 2. The van der Waals surface area contributed by atoms with E-state index in [4.69, 9.17) is 25.2 Å². The van der Waals surface area contributed by atoms with Crippen LogP contribution in [0.1, 0.15) is 37.8 Å². The highest BCUT2D eigenvalue weighted by molar-refractivity contribution is 5.78. The number of carbonyl (C=O) groups excluding carboxylic acids is 1. The summed E-state index contributed by atoms with van der Waals surface area (Å²) in [7, 11) is 0. The zero-order chi connectivity index (χ0) is 29.1. The van der Waals surface area contributed by atoms with Gasteiger partial charge in [-0.15, -0.1) is 0 Å². The molecule has 11 heteroatoms. The summed E-state index contributed by atoms with van der Waals surface area (Å²) in [5.74, 6) is 1.56. The number of nitrogens with two attached hydrogens (primary N) is 1. The molecule has 0 atom stereocenters. The second kappa shape index (κ2) is 18.5. The van der Waals surface area contributed by atoms with E-state index in [1.54, 1.807) is 0 Å². The van der Waals surface area contributed by atoms with Crippen LogP contribution >= 0.6 is 0 Å². The van der Waals surface area contributed by atoms with E-state index in [1.165, 1.54) is 0 Å². The highest BCUT2D eigenvalue weighted by atomic mass is 16.5. The van der Waals surface area contributed by atoms with Crippen LogP contribution in [0.25, 0.3) is 0 Å². The summed E-state index contributed by atoms with van der Waals surface area (Å²) in [6.07, 6.45) is 2.27. The van der Waals surface area contributed by atoms with Crippen molar-refractivity contribution in [1.82, 2.24) is 20.3 Å². The highest BCUT2D eigenvalue weighted by Crippen LogP contribution is 2.20. The van der Waals surface area contributed by atoms with Gasteiger partial charge in [0.25, 0.3) is 0 Å². The van der Waals surface area contributed by atoms with E-state index in [0.29, 0.717) is 63.9 Å². The van der Waals surface area contributed by atoms with E-state index in [0.717, 1.165) is 42.7 Å². The van der Waals surface area contributed by atoms with Gasteiger partial charge in [-0.05, 0) is 36.1 Å². The molecule has 0 unspecified atom stereocenters. The second-order valence-corrected chi connectivity index (χ2v) is 9.47. The van der Waals surface area contributed by atoms with E-state index in [-0.39, 0.29) is 12.3 Å². The molecule has 5 N–H and O–H groups in total. The minimum atomic E-state index is -0.0585. The SMILES string of the molecule is CCCN(CCC)c1nc(NCc2ccccc2)nc(Nc2ccc(CC(=O)NCCOCCOCCN)cc2)n1. The largest absolute Gasteiger partial charge is 0.378 e. The van der Waals surface area contributed by atoms with Crippen molar-refractivity contribution in [1.29, 1.82) is 0 Å². The molecule has 0 bridgehead atoms. The zero-order valence-corrected chi connectivity index (χ0v) is 24.3. The van der Waals surface area contributed by atoms with E-state index < -0.39 is 0 Å². The Kier molecular flexibility index (Phi) is 14.3. The molecule has 1 heterocycles. The second-order valence-electron chi connectivity index (χ2n) is 9.47. The predicted octanol–water partition coefficient (Wildman–Crippen LogP) is 3.50. The van der Waals surface area contributed by atoms with Crippen LogP contribution in [0, 0.1) is 0 Å². The van der Waals surface area contributed by atoms with Crippen molar-refractivity contribution in [3.05, 3.63) is 65.7 Å². The van der Waals surface area contributed by atoms with Crippen molar-refractivity contribution >= 4 is 29.4 Å². The fourth-order valence-corrected chi connectivity index (χ4v) is 4.02. The lowest BCUT2D eigenvalue weighted by molar-refractivity contribution is -0.120. The minimum Gasteiger partial charge on any atom is -0.378 e. The topological polar surface area (TPSA) is 140 Å². The Hall–Kier alpha value is -3.80. The molecular formula is C30H44N8O3. The van der Waals surface area contributed by atoms with Crippen LogP contribution in [-0.4, -0.2) is 73.5 Å². The van der Waals surface area contributed by atoms with Crippen molar-refractivity contribution in [2.24, 2.45) is 5.73 Å². The smallest absolute Gasteiger partial charge is 0.233 e. The molecule has 1 aromatic heterocycles. The molecule has 1 amide bonds. The highest BCUT2D eigenvalue weighted by Gasteiger charge is 2.13. The van der Waals surface area contributed by atoms with E-state index in [9.17, 15) is 4.79 Å². The molecule has 0 aliphatic carbocycles. The molecule has 41 heavy (non-hydrogen) atoms. The van der Waals surface area contributed by atoms with Crippen LogP contribution in [0.3, 0.4) is 0 Å². The Labute approximate surface area is 243 Å². The quantitative estimate of drug-likeness (QED) is 0.151. The Morgan fingerprint density at radius 3 is 2.20 bits per heavy atom. The van der Waals surface area contributed by atoms with Gasteiger partial charge >= 0.3 is 0 Å². The van der Waals surface area contributed by atoms with Gasteiger partial charge in [0, 0.05) is 38.4 Å². The van der Waals surface area contributed by atoms with Crippen molar-refractivity contribution < 1.29 is 14.3 Å². The van der Waals surface area contributed by atoms with Gasteiger partial charge in [0.1, 0.15) is 0 Å². The molecule has 3 rings (SSSR count). The monoisotopic (exact) mass is 564 g/mol. The lowest BCUT2D eigenvalue weighted by Crippen LogP contribution is -2.29. The van der Waals surface area contributed by atoms with E-state index in [1.807, 2.05) is 42.5 Å². The molecule has 0 saturated carbocycles. The Balaban J connectivity index is 1.58. The zero-order valence-electron chi connectivity index (χ0n) is 24.3. The standard InChI is InChI=1S/C30H44N8O3/c1-3-16-38(17-4-2)30-36-28(33-23-25-8-6-5-7-9-25)35-29(37-30)34-26-12-10-24(11-13-26)22-27(39)32-15-19-41-21-20-40-18-14-31/h5-13H,3-4,14-23,31H2,1-2H3,(H,32,39)(H2,33,34,35,36,37). The van der Waals surface area contributed by atoms with Crippen LogP contribution in [0.15, 0.2) is 54.6 Å². The molecule has 0 fully saturated rings. The summed E-state index contributed by atoms with van der Waals surface area (Å²) in [4.78, 5) is 28.6. The summed E-state index contributed by atoms with van der Waals surface area (Å²) in [5, 5.41) is 9.52. The van der Waals surface area contributed by atoms with Gasteiger partial charge in [-0.3, -0.25) is 4.79 Å². The van der Waals surface area contributed by atoms with Gasteiger partial charge in [0.05, 0.1) is 32.8 Å². The molecule has 3 aromatic rings. The molecular weight excluding hydrogens is 520 g/mol. The third-order valence-corrected chi connectivity index (χ3v) is 5.96. The molecule has 0 spiro atoms. The van der Waals surface area contributed by atoms with Crippen LogP contribution < -0.4 is 26.6 Å².